The van der Waals surface area contributed by atoms with E-state index in [2.05, 4.69) is 37.3 Å². The van der Waals surface area contributed by atoms with E-state index in [4.69, 9.17) is 0 Å². The number of aliphatic imine (C=N–C) groups is 1. The number of benzene rings is 2. The van der Waals surface area contributed by atoms with Gasteiger partial charge >= 0.3 is 0 Å². The van der Waals surface area contributed by atoms with Crippen molar-refractivity contribution in [3.63, 3.8) is 0 Å². The minimum atomic E-state index is -0.238. The van der Waals surface area contributed by atoms with Crippen LogP contribution in [0.5, 0.6) is 0 Å². The van der Waals surface area contributed by atoms with E-state index in [9.17, 15) is 4.39 Å². The van der Waals surface area contributed by atoms with E-state index < -0.39 is 0 Å². The van der Waals surface area contributed by atoms with Crippen molar-refractivity contribution in [1.82, 2.24) is 20.2 Å². The van der Waals surface area contributed by atoms with Gasteiger partial charge in [0.15, 0.2) is 5.96 Å². The number of guanidine groups is 1. The molecule has 0 saturated heterocycles. The highest BCUT2D eigenvalue weighted by atomic mass is 19.1. The topological polar surface area (TPSA) is 54.2 Å². The van der Waals surface area contributed by atoms with E-state index >= 15 is 0 Å². The molecule has 3 rings (SSSR count). The molecule has 0 aliphatic rings. The van der Waals surface area contributed by atoms with Gasteiger partial charge in [-0.05, 0) is 30.2 Å². The Kier molecular flexibility index (Phi) is 6.57. The number of rotatable bonds is 7. The summed E-state index contributed by atoms with van der Waals surface area (Å²) >= 11 is 0. The summed E-state index contributed by atoms with van der Waals surface area (Å²) in [5.74, 6) is 1.40. The van der Waals surface area contributed by atoms with Crippen LogP contribution in [0, 0.1) is 5.82 Å². The zero-order valence-electron chi connectivity index (χ0n) is 15.4. The smallest absolute Gasteiger partial charge is 0.191 e. The summed E-state index contributed by atoms with van der Waals surface area (Å²) in [5.41, 5.74) is 2.19. The maximum atomic E-state index is 13.0. The lowest BCUT2D eigenvalue weighted by atomic mass is 10.2. The number of nitrogens with zero attached hydrogens (tertiary/aromatic N) is 3. The van der Waals surface area contributed by atoms with Crippen LogP contribution in [0.3, 0.4) is 0 Å². The Bertz CT molecular complexity index is 856. The molecular formula is C21H24FN5. The highest BCUT2D eigenvalue weighted by Gasteiger charge is 2.05. The number of hydrogen-bond donors (Lipinski definition) is 2. The van der Waals surface area contributed by atoms with Gasteiger partial charge in [-0.25, -0.2) is 14.4 Å². The number of imidazole rings is 1. The second kappa shape index (κ2) is 9.52. The van der Waals surface area contributed by atoms with E-state index in [-0.39, 0.29) is 5.82 Å². The third-order valence-electron chi connectivity index (χ3n) is 4.09. The van der Waals surface area contributed by atoms with Crippen molar-refractivity contribution in [2.24, 2.45) is 4.99 Å². The molecule has 0 fully saturated rings. The van der Waals surface area contributed by atoms with Crippen molar-refractivity contribution >= 4 is 5.96 Å². The first-order chi connectivity index (χ1) is 13.2. The van der Waals surface area contributed by atoms with Gasteiger partial charge in [0.2, 0.25) is 0 Å². The Morgan fingerprint density at radius 1 is 1.04 bits per heavy atom. The Morgan fingerprint density at radius 2 is 1.81 bits per heavy atom. The van der Waals surface area contributed by atoms with Crippen LogP contribution in [-0.2, 0) is 19.6 Å². The highest BCUT2D eigenvalue weighted by Crippen LogP contribution is 2.06. The number of halogens is 1. The zero-order valence-corrected chi connectivity index (χ0v) is 15.4. The highest BCUT2D eigenvalue weighted by molar-refractivity contribution is 5.79. The van der Waals surface area contributed by atoms with E-state index in [1.807, 2.05) is 37.5 Å². The fourth-order valence-electron chi connectivity index (χ4n) is 2.70. The third kappa shape index (κ3) is 5.67. The van der Waals surface area contributed by atoms with Gasteiger partial charge in [0.1, 0.15) is 11.6 Å². The molecule has 0 unspecified atom stereocenters. The Labute approximate surface area is 159 Å². The third-order valence-corrected chi connectivity index (χ3v) is 4.09. The Hall–Kier alpha value is -3.15. The second-order valence-electron chi connectivity index (χ2n) is 6.13. The van der Waals surface area contributed by atoms with E-state index in [1.165, 1.54) is 17.7 Å². The van der Waals surface area contributed by atoms with Gasteiger partial charge in [-0.2, -0.15) is 0 Å². The molecule has 3 aromatic rings. The van der Waals surface area contributed by atoms with Gasteiger partial charge in [-0.1, -0.05) is 42.5 Å². The first-order valence-electron chi connectivity index (χ1n) is 9.05. The van der Waals surface area contributed by atoms with E-state index in [0.717, 1.165) is 24.5 Å². The standard InChI is InChI=1S/C21H24FN5/c1-2-23-21(25-14-17-8-10-19(22)11-9-17)26-15-20-24-12-13-27(20)16-18-6-4-3-5-7-18/h3-13H,2,14-16H2,1H3,(H2,23,25,26). The van der Waals surface area contributed by atoms with Gasteiger partial charge < -0.3 is 15.2 Å². The summed E-state index contributed by atoms with van der Waals surface area (Å²) in [6.07, 6.45) is 3.79. The minimum Gasteiger partial charge on any atom is -0.357 e. The quantitative estimate of drug-likeness (QED) is 0.499. The van der Waals surface area contributed by atoms with E-state index in [1.54, 1.807) is 12.1 Å². The van der Waals surface area contributed by atoms with Crippen molar-refractivity contribution in [3.8, 4) is 0 Å². The average molecular weight is 365 g/mol. The van der Waals surface area contributed by atoms with Crippen LogP contribution in [-0.4, -0.2) is 22.1 Å². The molecule has 5 nitrogen and oxygen atoms in total. The minimum absolute atomic E-state index is 0.238. The van der Waals surface area contributed by atoms with Crippen LogP contribution in [0.2, 0.25) is 0 Å². The maximum Gasteiger partial charge on any atom is 0.191 e. The second-order valence-corrected chi connectivity index (χ2v) is 6.13. The van der Waals surface area contributed by atoms with Gasteiger partial charge in [0.25, 0.3) is 0 Å². The normalized spacial score (nSPS) is 11.4. The average Bonchev–Trinajstić information content (AvgIpc) is 3.13. The molecule has 1 heterocycles. The van der Waals surface area contributed by atoms with Gasteiger partial charge in [0.05, 0.1) is 13.1 Å². The fraction of sp³-hybridized carbons (Fsp3) is 0.238. The molecule has 0 aliphatic carbocycles. The van der Waals surface area contributed by atoms with Crippen LogP contribution >= 0.6 is 0 Å². The number of nitrogens with one attached hydrogen (secondary N) is 2. The number of hydrogen-bond acceptors (Lipinski definition) is 2. The van der Waals surface area contributed by atoms with Crippen LogP contribution in [0.1, 0.15) is 23.9 Å². The van der Waals surface area contributed by atoms with Crippen molar-refractivity contribution in [2.75, 3.05) is 6.54 Å². The molecule has 1 aromatic heterocycles. The molecule has 0 spiro atoms. The Balaban J connectivity index is 1.62. The first kappa shape index (κ1) is 18.6. The molecule has 0 bridgehead atoms. The molecule has 0 aliphatic heterocycles. The largest absolute Gasteiger partial charge is 0.357 e. The van der Waals surface area contributed by atoms with Crippen molar-refractivity contribution in [1.29, 1.82) is 0 Å². The summed E-state index contributed by atoms with van der Waals surface area (Å²) < 4.78 is 15.1. The van der Waals surface area contributed by atoms with Gasteiger partial charge in [-0.3, -0.25) is 0 Å². The predicted octanol–water partition coefficient (Wildman–Crippen LogP) is 3.33. The van der Waals surface area contributed by atoms with Gasteiger partial charge in [0, 0.05) is 25.5 Å². The van der Waals surface area contributed by atoms with Crippen molar-refractivity contribution < 1.29 is 4.39 Å². The lowest BCUT2D eigenvalue weighted by molar-refractivity contribution is 0.627. The maximum absolute atomic E-state index is 13.0. The SMILES string of the molecule is CCNC(=NCc1ccc(F)cc1)NCc1nccn1Cc1ccccc1. The summed E-state index contributed by atoms with van der Waals surface area (Å²) in [7, 11) is 0. The van der Waals surface area contributed by atoms with E-state index in [0.29, 0.717) is 19.0 Å². The summed E-state index contributed by atoms with van der Waals surface area (Å²) in [5, 5.41) is 6.54. The molecular weight excluding hydrogens is 341 g/mol. The van der Waals surface area contributed by atoms with Gasteiger partial charge in [-0.15, -0.1) is 0 Å². The molecule has 2 aromatic carbocycles. The summed E-state index contributed by atoms with van der Waals surface area (Å²) in [6, 6.07) is 16.7. The molecule has 2 N–H and O–H groups in total. The van der Waals surface area contributed by atoms with Crippen LogP contribution in [0.15, 0.2) is 72.0 Å². The van der Waals surface area contributed by atoms with Crippen molar-refractivity contribution in [2.45, 2.75) is 26.6 Å². The molecule has 0 saturated carbocycles. The monoisotopic (exact) mass is 365 g/mol. The lowest BCUT2D eigenvalue weighted by Crippen LogP contribution is -2.37. The summed E-state index contributed by atoms with van der Waals surface area (Å²) in [4.78, 5) is 9.01. The van der Waals surface area contributed by atoms with Crippen LogP contribution in [0.25, 0.3) is 0 Å². The van der Waals surface area contributed by atoms with Crippen LogP contribution < -0.4 is 10.6 Å². The molecule has 27 heavy (non-hydrogen) atoms. The molecule has 140 valence electrons. The Morgan fingerprint density at radius 3 is 2.56 bits per heavy atom. The first-order valence-corrected chi connectivity index (χ1v) is 9.05. The van der Waals surface area contributed by atoms with Crippen LogP contribution in [0.4, 0.5) is 4.39 Å². The fourth-order valence-corrected chi connectivity index (χ4v) is 2.70. The molecule has 0 radical (unpaired) electrons. The molecule has 6 heteroatoms. The number of aromatic nitrogens is 2. The molecule has 0 amide bonds. The summed E-state index contributed by atoms with van der Waals surface area (Å²) in [6.45, 7) is 4.60. The predicted molar refractivity (Wildman–Crippen MR) is 106 cm³/mol. The zero-order chi connectivity index (χ0) is 18.9. The lowest BCUT2D eigenvalue weighted by Gasteiger charge is -2.13. The molecule has 0 atom stereocenters. The van der Waals surface area contributed by atoms with Crippen molar-refractivity contribution in [3.05, 3.63) is 89.8 Å².